The zero-order valence-electron chi connectivity index (χ0n) is 10.2. The number of benzene rings is 1. The first kappa shape index (κ1) is 13.2. The van der Waals surface area contributed by atoms with Crippen LogP contribution in [0.1, 0.15) is 10.4 Å². The van der Waals surface area contributed by atoms with Crippen molar-refractivity contribution in [3.05, 3.63) is 57.5 Å². The van der Waals surface area contributed by atoms with E-state index in [1.165, 1.54) is 16.8 Å². The van der Waals surface area contributed by atoms with E-state index in [4.69, 9.17) is 17.3 Å². The van der Waals surface area contributed by atoms with Gasteiger partial charge in [0, 0.05) is 30.6 Å². The molecule has 0 unspecified atom stereocenters. The van der Waals surface area contributed by atoms with E-state index in [0.717, 1.165) is 0 Å². The van der Waals surface area contributed by atoms with E-state index in [1.807, 2.05) is 0 Å². The summed E-state index contributed by atoms with van der Waals surface area (Å²) in [6, 6.07) is 7.60. The quantitative estimate of drug-likeness (QED) is 0.823. The molecule has 1 amide bonds. The number of pyridine rings is 1. The summed E-state index contributed by atoms with van der Waals surface area (Å²) in [4.78, 5) is 23.4. The number of aromatic nitrogens is 1. The summed E-state index contributed by atoms with van der Waals surface area (Å²) < 4.78 is 1.38. The zero-order chi connectivity index (χ0) is 14.0. The lowest BCUT2D eigenvalue weighted by Gasteiger charge is -2.08. The molecule has 1 heterocycles. The average molecular weight is 278 g/mol. The molecule has 0 spiro atoms. The van der Waals surface area contributed by atoms with Crippen molar-refractivity contribution in [2.45, 2.75) is 0 Å². The van der Waals surface area contributed by atoms with Gasteiger partial charge in [0.2, 0.25) is 0 Å². The molecular formula is C13H12ClN3O2. The van der Waals surface area contributed by atoms with E-state index < -0.39 is 5.91 Å². The van der Waals surface area contributed by atoms with Gasteiger partial charge in [-0.05, 0) is 24.3 Å². The van der Waals surface area contributed by atoms with Crippen molar-refractivity contribution in [1.29, 1.82) is 0 Å². The molecule has 5 nitrogen and oxygen atoms in total. The van der Waals surface area contributed by atoms with Crippen molar-refractivity contribution < 1.29 is 4.79 Å². The molecule has 19 heavy (non-hydrogen) atoms. The third kappa shape index (κ3) is 2.95. The zero-order valence-corrected chi connectivity index (χ0v) is 10.9. The van der Waals surface area contributed by atoms with Gasteiger partial charge in [0.25, 0.3) is 11.5 Å². The van der Waals surface area contributed by atoms with Crippen LogP contribution < -0.4 is 16.6 Å². The first-order chi connectivity index (χ1) is 8.97. The van der Waals surface area contributed by atoms with Gasteiger partial charge in [-0.15, -0.1) is 0 Å². The highest BCUT2D eigenvalue weighted by Crippen LogP contribution is 2.24. The number of halogens is 1. The van der Waals surface area contributed by atoms with Crippen molar-refractivity contribution in [3.63, 3.8) is 0 Å². The van der Waals surface area contributed by atoms with Gasteiger partial charge in [-0.25, -0.2) is 0 Å². The van der Waals surface area contributed by atoms with Gasteiger partial charge in [0.15, 0.2) is 0 Å². The Morgan fingerprint density at radius 1 is 1.32 bits per heavy atom. The number of aryl methyl sites for hydroxylation is 1. The number of amides is 1. The molecule has 0 aliphatic heterocycles. The number of nitrogens with two attached hydrogens (primary N) is 1. The smallest absolute Gasteiger partial charge is 0.255 e. The summed E-state index contributed by atoms with van der Waals surface area (Å²) in [6.45, 7) is 0. The van der Waals surface area contributed by atoms with Crippen molar-refractivity contribution in [1.82, 2.24) is 4.57 Å². The standard InChI is InChI=1S/C13H12ClN3O2/c1-17-5-4-8(6-12(17)18)13(19)16-11-7-9(15)2-3-10(11)14/h2-7H,15H2,1H3,(H,16,19). The first-order valence-electron chi connectivity index (χ1n) is 5.50. The molecule has 0 atom stereocenters. The maximum atomic E-state index is 12.0. The van der Waals surface area contributed by atoms with Crippen LogP contribution in [0.5, 0.6) is 0 Å². The fourth-order valence-corrected chi connectivity index (χ4v) is 1.69. The normalized spacial score (nSPS) is 10.2. The second-order valence-corrected chi connectivity index (χ2v) is 4.47. The molecule has 2 aromatic rings. The summed E-state index contributed by atoms with van der Waals surface area (Å²) in [5.74, 6) is -0.412. The molecule has 1 aromatic heterocycles. The number of hydrogen-bond acceptors (Lipinski definition) is 3. The molecule has 0 aliphatic carbocycles. The highest BCUT2D eigenvalue weighted by Gasteiger charge is 2.09. The van der Waals surface area contributed by atoms with Crippen LogP contribution in [-0.4, -0.2) is 10.5 Å². The lowest BCUT2D eigenvalue weighted by molar-refractivity contribution is 0.102. The van der Waals surface area contributed by atoms with Crippen LogP contribution in [0.2, 0.25) is 5.02 Å². The molecule has 0 saturated heterocycles. The molecule has 0 aliphatic rings. The largest absolute Gasteiger partial charge is 0.399 e. The van der Waals surface area contributed by atoms with E-state index in [-0.39, 0.29) is 11.1 Å². The highest BCUT2D eigenvalue weighted by atomic mass is 35.5. The number of carbonyl (C=O) groups excluding carboxylic acids is 1. The molecule has 98 valence electrons. The maximum Gasteiger partial charge on any atom is 0.255 e. The van der Waals surface area contributed by atoms with E-state index in [0.29, 0.717) is 16.4 Å². The van der Waals surface area contributed by atoms with Crippen molar-refractivity contribution >= 4 is 28.9 Å². The summed E-state index contributed by atoms with van der Waals surface area (Å²) in [5, 5.41) is 3.00. The Labute approximate surface area is 114 Å². The van der Waals surface area contributed by atoms with Crippen LogP contribution in [0, 0.1) is 0 Å². The van der Waals surface area contributed by atoms with Crippen LogP contribution in [0.3, 0.4) is 0 Å². The Balaban J connectivity index is 2.28. The van der Waals surface area contributed by atoms with Gasteiger partial charge in [0.05, 0.1) is 10.7 Å². The molecule has 0 bridgehead atoms. The predicted molar refractivity (Wildman–Crippen MR) is 75.5 cm³/mol. The van der Waals surface area contributed by atoms with Crippen LogP contribution in [0.4, 0.5) is 11.4 Å². The molecule has 2 rings (SSSR count). The Hall–Kier alpha value is -2.27. The van der Waals surface area contributed by atoms with Gasteiger partial charge in [-0.2, -0.15) is 0 Å². The SMILES string of the molecule is Cn1ccc(C(=O)Nc2cc(N)ccc2Cl)cc1=O. The Morgan fingerprint density at radius 2 is 2.05 bits per heavy atom. The minimum absolute atomic E-state index is 0.258. The number of rotatable bonds is 2. The molecule has 0 saturated carbocycles. The van der Waals surface area contributed by atoms with Crippen LogP contribution in [0.25, 0.3) is 0 Å². The van der Waals surface area contributed by atoms with Crippen molar-refractivity contribution in [2.75, 3.05) is 11.1 Å². The molecule has 0 radical (unpaired) electrons. The van der Waals surface area contributed by atoms with E-state index in [2.05, 4.69) is 5.32 Å². The maximum absolute atomic E-state index is 12.0. The Kier molecular flexibility index (Phi) is 3.57. The highest BCUT2D eigenvalue weighted by molar-refractivity contribution is 6.34. The molecule has 3 N–H and O–H groups in total. The molecule has 6 heteroatoms. The van der Waals surface area contributed by atoms with E-state index >= 15 is 0 Å². The van der Waals surface area contributed by atoms with E-state index in [9.17, 15) is 9.59 Å². The van der Waals surface area contributed by atoms with Crippen LogP contribution in [-0.2, 0) is 7.05 Å². The van der Waals surface area contributed by atoms with Gasteiger partial charge in [0.1, 0.15) is 0 Å². The van der Waals surface area contributed by atoms with Crippen molar-refractivity contribution in [2.24, 2.45) is 7.05 Å². The van der Waals surface area contributed by atoms with Gasteiger partial charge < -0.3 is 15.6 Å². The monoisotopic (exact) mass is 277 g/mol. The van der Waals surface area contributed by atoms with Crippen LogP contribution >= 0.6 is 11.6 Å². The fraction of sp³-hybridized carbons (Fsp3) is 0.0769. The fourth-order valence-electron chi connectivity index (χ4n) is 1.52. The van der Waals surface area contributed by atoms with Crippen LogP contribution in [0.15, 0.2) is 41.3 Å². The number of nitrogens with zero attached hydrogens (tertiary/aromatic N) is 1. The first-order valence-corrected chi connectivity index (χ1v) is 5.88. The van der Waals surface area contributed by atoms with Gasteiger partial charge in [-0.1, -0.05) is 11.6 Å². The number of nitrogens with one attached hydrogen (secondary N) is 1. The van der Waals surface area contributed by atoms with Gasteiger partial charge >= 0.3 is 0 Å². The minimum atomic E-state index is -0.412. The number of hydrogen-bond donors (Lipinski definition) is 2. The summed E-state index contributed by atoms with van der Waals surface area (Å²) in [5.41, 5.74) is 6.53. The summed E-state index contributed by atoms with van der Waals surface area (Å²) in [7, 11) is 1.61. The second kappa shape index (κ2) is 5.16. The van der Waals surface area contributed by atoms with Gasteiger partial charge in [-0.3, -0.25) is 9.59 Å². The molecule has 1 aromatic carbocycles. The third-order valence-electron chi connectivity index (χ3n) is 2.61. The number of carbonyl (C=O) groups is 1. The lowest BCUT2D eigenvalue weighted by Crippen LogP contribution is -2.20. The topological polar surface area (TPSA) is 77.1 Å². The Morgan fingerprint density at radius 3 is 2.74 bits per heavy atom. The summed E-state index contributed by atoms with van der Waals surface area (Å²) >= 11 is 5.95. The summed E-state index contributed by atoms with van der Waals surface area (Å²) in [6.07, 6.45) is 1.53. The van der Waals surface area contributed by atoms with E-state index in [1.54, 1.807) is 31.3 Å². The lowest BCUT2D eigenvalue weighted by atomic mass is 10.2. The third-order valence-corrected chi connectivity index (χ3v) is 2.93. The molecule has 0 fully saturated rings. The van der Waals surface area contributed by atoms with Crippen molar-refractivity contribution in [3.8, 4) is 0 Å². The Bertz CT molecular complexity index is 695. The second-order valence-electron chi connectivity index (χ2n) is 4.06. The number of nitrogen functional groups attached to an aromatic ring is 1. The molecular weight excluding hydrogens is 266 g/mol. The predicted octanol–water partition coefficient (Wildman–Crippen LogP) is 1.87. The average Bonchev–Trinajstić information content (AvgIpc) is 2.37. The minimum Gasteiger partial charge on any atom is -0.399 e. The number of anilines is 2.